The van der Waals surface area contributed by atoms with Crippen molar-refractivity contribution in [1.29, 1.82) is 0 Å². The van der Waals surface area contributed by atoms with E-state index in [1.54, 1.807) is 11.0 Å². The largest absolute Gasteiger partial charge is 0.487 e. The van der Waals surface area contributed by atoms with Crippen molar-refractivity contribution in [2.75, 3.05) is 5.32 Å². The summed E-state index contributed by atoms with van der Waals surface area (Å²) in [5.41, 5.74) is 5.03. The molecule has 0 aliphatic heterocycles. The van der Waals surface area contributed by atoms with Gasteiger partial charge in [0.25, 0.3) is 0 Å². The molecule has 7 nitrogen and oxygen atoms in total. The number of ether oxygens (including phenoxy) is 1. The number of rotatable bonds is 9. The van der Waals surface area contributed by atoms with Gasteiger partial charge in [-0.2, -0.15) is 4.80 Å². The van der Waals surface area contributed by atoms with E-state index in [4.69, 9.17) is 4.74 Å². The SMILES string of the molecule is CC(C)Cn1nnc(-c2cccc(Nc3ccc(OCc4ccccn4)cc3C(C)C)c2)n1. The minimum atomic E-state index is 0.326. The Bertz CT molecular complexity index is 1190. The molecule has 2 heterocycles. The van der Waals surface area contributed by atoms with Crippen LogP contribution in [0.1, 0.15) is 44.9 Å². The van der Waals surface area contributed by atoms with Gasteiger partial charge < -0.3 is 10.1 Å². The van der Waals surface area contributed by atoms with Gasteiger partial charge in [-0.3, -0.25) is 4.98 Å². The first kappa shape index (κ1) is 22.5. The predicted molar refractivity (Wildman–Crippen MR) is 130 cm³/mol. The van der Waals surface area contributed by atoms with Crippen molar-refractivity contribution in [3.63, 3.8) is 0 Å². The second-order valence-corrected chi connectivity index (χ2v) is 8.78. The standard InChI is InChI=1S/C26H30N6O/c1-18(2)16-32-30-26(29-31-32)20-8-7-10-21(14-20)28-25-12-11-23(15-24(25)19(3)4)33-17-22-9-5-6-13-27-22/h5-15,18-19,28H,16-17H2,1-4H3. The highest BCUT2D eigenvalue weighted by Crippen LogP contribution is 2.32. The number of nitrogens with one attached hydrogen (secondary N) is 1. The third-order valence-corrected chi connectivity index (χ3v) is 5.14. The van der Waals surface area contributed by atoms with Gasteiger partial charge in [-0.05, 0) is 65.1 Å². The molecule has 33 heavy (non-hydrogen) atoms. The Morgan fingerprint density at radius 1 is 0.970 bits per heavy atom. The van der Waals surface area contributed by atoms with Crippen LogP contribution in [0.25, 0.3) is 11.4 Å². The van der Waals surface area contributed by atoms with Crippen LogP contribution in [0.4, 0.5) is 11.4 Å². The number of tetrazole rings is 1. The summed E-state index contributed by atoms with van der Waals surface area (Å²) in [6.45, 7) is 9.81. The van der Waals surface area contributed by atoms with Crippen LogP contribution in [0.15, 0.2) is 66.9 Å². The van der Waals surface area contributed by atoms with Crippen LogP contribution in [-0.4, -0.2) is 25.2 Å². The molecule has 0 atom stereocenters. The first-order valence-corrected chi connectivity index (χ1v) is 11.3. The zero-order chi connectivity index (χ0) is 23.2. The second-order valence-electron chi connectivity index (χ2n) is 8.78. The molecular weight excluding hydrogens is 412 g/mol. The van der Waals surface area contributed by atoms with Crippen LogP contribution < -0.4 is 10.1 Å². The number of benzene rings is 2. The third kappa shape index (κ3) is 5.94. The van der Waals surface area contributed by atoms with Crippen molar-refractivity contribution in [3.8, 4) is 17.1 Å². The minimum Gasteiger partial charge on any atom is -0.487 e. The molecule has 4 rings (SSSR count). The van der Waals surface area contributed by atoms with Gasteiger partial charge >= 0.3 is 0 Å². The summed E-state index contributed by atoms with van der Waals surface area (Å²) in [4.78, 5) is 5.97. The zero-order valence-corrected chi connectivity index (χ0v) is 19.6. The van der Waals surface area contributed by atoms with Gasteiger partial charge in [0.15, 0.2) is 0 Å². The third-order valence-electron chi connectivity index (χ3n) is 5.14. The molecule has 1 N–H and O–H groups in total. The Labute approximate surface area is 194 Å². The predicted octanol–water partition coefficient (Wildman–Crippen LogP) is 5.84. The summed E-state index contributed by atoms with van der Waals surface area (Å²) in [5, 5.41) is 16.5. The Morgan fingerprint density at radius 2 is 1.85 bits per heavy atom. The van der Waals surface area contributed by atoms with Crippen LogP contribution >= 0.6 is 0 Å². The normalized spacial score (nSPS) is 11.2. The zero-order valence-electron chi connectivity index (χ0n) is 19.6. The molecule has 0 aliphatic carbocycles. The van der Waals surface area contributed by atoms with E-state index in [1.807, 2.05) is 48.5 Å². The highest BCUT2D eigenvalue weighted by atomic mass is 16.5. The lowest BCUT2D eigenvalue weighted by molar-refractivity contribution is 0.301. The van der Waals surface area contributed by atoms with Gasteiger partial charge in [-0.1, -0.05) is 45.9 Å². The Kier molecular flexibility index (Phi) is 6.98. The molecule has 0 saturated carbocycles. The lowest BCUT2D eigenvalue weighted by Crippen LogP contribution is -2.07. The molecule has 0 radical (unpaired) electrons. The molecule has 170 valence electrons. The van der Waals surface area contributed by atoms with Crippen molar-refractivity contribution < 1.29 is 4.74 Å². The quantitative estimate of drug-likeness (QED) is 0.351. The maximum absolute atomic E-state index is 5.98. The van der Waals surface area contributed by atoms with E-state index >= 15 is 0 Å². The molecule has 4 aromatic rings. The summed E-state index contributed by atoms with van der Waals surface area (Å²) < 4.78 is 5.98. The van der Waals surface area contributed by atoms with Gasteiger partial charge in [0.1, 0.15) is 12.4 Å². The Balaban J connectivity index is 1.51. The van der Waals surface area contributed by atoms with Crippen LogP contribution in [0, 0.1) is 5.92 Å². The van der Waals surface area contributed by atoms with E-state index in [9.17, 15) is 0 Å². The summed E-state index contributed by atoms with van der Waals surface area (Å²) in [6.07, 6.45) is 1.78. The van der Waals surface area contributed by atoms with Crippen molar-refractivity contribution in [2.45, 2.75) is 46.8 Å². The number of aromatic nitrogens is 5. The highest BCUT2D eigenvalue weighted by molar-refractivity contribution is 5.69. The van der Waals surface area contributed by atoms with Gasteiger partial charge in [0.2, 0.25) is 5.82 Å². The van der Waals surface area contributed by atoms with E-state index in [-0.39, 0.29) is 0 Å². The van der Waals surface area contributed by atoms with Crippen LogP contribution in [-0.2, 0) is 13.2 Å². The molecule has 0 spiro atoms. The van der Waals surface area contributed by atoms with Crippen LogP contribution in [0.2, 0.25) is 0 Å². The van der Waals surface area contributed by atoms with E-state index in [0.29, 0.717) is 24.3 Å². The van der Waals surface area contributed by atoms with Gasteiger partial charge in [0, 0.05) is 23.1 Å². The van der Waals surface area contributed by atoms with Crippen molar-refractivity contribution in [1.82, 2.24) is 25.2 Å². The van der Waals surface area contributed by atoms with Crippen LogP contribution in [0.3, 0.4) is 0 Å². The molecule has 7 heteroatoms. The number of pyridine rings is 1. The second kappa shape index (κ2) is 10.3. The fourth-order valence-electron chi connectivity index (χ4n) is 3.52. The first-order chi connectivity index (χ1) is 16.0. The molecule has 0 aliphatic rings. The van der Waals surface area contributed by atoms with Gasteiger partial charge in [-0.15, -0.1) is 10.2 Å². The van der Waals surface area contributed by atoms with Crippen molar-refractivity contribution in [2.24, 2.45) is 5.92 Å². The van der Waals surface area contributed by atoms with E-state index in [2.05, 4.69) is 65.5 Å². The highest BCUT2D eigenvalue weighted by Gasteiger charge is 2.12. The molecule has 0 bridgehead atoms. The summed E-state index contributed by atoms with van der Waals surface area (Å²) >= 11 is 0. The Hall–Kier alpha value is -3.74. The van der Waals surface area contributed by atoms with Crippen LogP contribution in [0.5, 0.6) is 5.75 Å². The fraction of sp³-hybridized carbons (Fsp3) is 0.308. The van der Waals surface area contributed by atoms with Gasteiger partial charge in [-0.25, -0.2) is 0 Å². The smallest absolute Gasteiger partial charge is 0.204 e. The number of hydrogen-bond acceptors (Lipinski definition) is 6. The Morgan fingerprint density at radius 3 is 2.61 bits per heavy atom. The average Bonchev–Trinajstić information content (AvgIpc) is 3.27. The minimum absolute atomic E-state index is 0.326. The molecule has 2 aromatic heterocycles. The first-order valence-electron chi connectivity index (χ1n) is 11.3. The summed E-state index contributed by atoms with van der Waals surface area (Å²) in [6, 6.07) is 20.1. The molecule has 0 amide bonds. The maximum atomic E-state index is 5.98. The molecule has 0 unspecified atom stereocenters. The monoisotopic (exact) mass is 442 g/mol. The topological polar surface area (TPSA) is 77.8 Å². The van der Waals surface area contributed by atoms with E-state index in [0.717, 1.165) is 34.9 Å². The average molecular weight is 443 g/mol. The van der Waals surface area contributed by atoms with E-state index in [1.165, 1.54) is 5.56 Å². The summed E-state index contributed by atoms with van der Waals surface area (Å²) in [5.74, 6) is 2.24. The fourth-order valence-corrected chi connectivity index (χ4v) is 3.52. The van der Waals surface area contributed by atoms with Crippen molar-refractivity contribution in [3.05, 3.63) is 78.1 Å². The number of anilines is 2. The number of nitrogens with zero attached hydrogens (tertiary/aromatic N) is 5. The van der Waals surface area contributed by atoms with E-state index < -0.39 is 0 Å². The molecule has 0 fully saturated rings. The number of hydrogen-bond donors (Lipinski definition) is 1. The maximum Gasteiger partial charge on any atom is 0.204 e. The lowest BCUT2D eigenvalue weighted by Gasteiger charge is -2.17. The summed E-state index contributed by atoms with van der Waals surface area (Å²) in [7, 11) is 0. The van der Waals surface area contributed by atoms with Crippen molar-refractivity contribution >= 4 is 11.4 Å². The molecule has 2 aromatic carbocycles. The molecular formula is C26H30N6O. The van der Waals surface area contributed by atoms with Gasteiger partial charge in [0.05, 0.1) is 12.2 Å². The lowest BCUT2D eigenvalue weighted by atomic mass is 10.0. The molecule has 0 saturated heterocycles.